The molecule has 0 amide bonds. The highest BCUT2D eigenvalue weighted by Crippen LogP contribution is 2.36. The van der Waals surface area contributed by atoms with Crippen molar-refractivity contribution in [1.82, 2.24) is 4.98 Å². The number of aromatic nitrogens is 1. The number of halogens is 4. The molecule has 4 rings (SSSR count). The molecule has 0 saturated heterocycles. The summed E-state index contributed by atoms with van der Waals surface area (Å²) in [6, 6.07) is 18.2. The Kier molecular flexibility index (Phi) is 3.96. The van der Waals surface area contributed by atoms with Gasteiger partial charge in [0.2, 0.25) is 0 Å². The third kappa shape index (κ3) is 3.06. The molecule has 0 saturated carbocycles. The lowest BCUT2D eigenvalue weighted by molar-refractivity contribution is -0.136. The van der Waals surface area contributed by atoms with Gasteiger partial charge in [-0.05, 0) is 35.7 Å². The second kappa shape index (κ2) is 6.18. The van der Waals surface area contributed by atoms with Gasteiger partial charge in [-0.1, -0.05) is 48.0 Å². The maximum Gasteiger partial charge on any atom is 0.417 e. The number of benzene rings is 3. The van der Waals surface area contributed by atoms with Crippen LogP contribution in [0.3, 0.4) is 0 Å². The van der Waals surface area contributed by atoms with Crippen LogP contribution >= 0.6 is 11.6 Å². The van der Waals surface area contributed by atoms with Crippen LogP contribution in [0.4, 0.5) is 24.7 Å². The van der Waals surface area contributed by atoms with Crippen LogP contribution in [0.1, 0.15) is 5.56 Å². The monoisotopic (exact) mass is 372 g/mol. The number of fused-ring (bicyclic) bond motifs is 2. The minimum absolute atomic E-state index is 0.0760. The van der Waals surface area contributed by atoms with Gasteiger partial charge in [-0.2, -0.15) is 13.2 Å². The smallest absolute Gasteiger partial charge is 0.340 e. The fourth-order valence-electron chi connectivity index (χ4n) is 2.93. The zero-order valence-corrected chi connectivity index (χ0v) is 14.1. The van der Waals surface area contributed by atoms with Gasteiger partial charge < -0.3 is 5.32 Å². The van der Waals surface area contributed by atoms with Crippen molar-refractivity contribution in [3.8, 4) is 0 Å². The van der Waals surface area contributed by atoms with Crippen LogP contribution < -0.4 is 5.32 Å². The van der Waals surface area contributed by atoms with Crippen molar-refractivity contribution in [2.75, 3.05) is 5.32 Å². The SMILES string of the molecule is FC(F)(F)c1cc(Nc2ccc3cccc(Cl)c3c2)nc2ccccc12. The van der Waals surface area contributed by atoms with Crippen molar-refractivity contribution in [3.05, 3.63) is 77.3 Å². The Labute approximate surface area is 152 Å². The summed E-state index contributed by atoms with van der Waals surface area (Å²) >= 11 is 6.20. The molecule has 0 unspecified atom stereocenters. The minimum Gasteiger partial charge on any atom is -0.340 e. The molecule has 130 valence electrons. The van der Waals surface area contributed by atoms with Gasteiger partial charge in [0, 0.05) is 21.5 Å². The van der Waals surface area contributed by atoms with Crippen molar-refractivity contribution >= 4 is 44.8 Å². The second-order valence-corrected chi connectivity index (χ2v) is 6.28. The third-order valence-corrected chi connectivity index (χ3v) is 4.45. The zero-order valence-electron chi connectivity index (χ0n) is 13.3. The van der Waals surface area contributed by atoms with Crippen molar-refractivity contribution in [2.24, 2.45) is 0 Å². The van der Waals surface area contributed by atoms with Gasteiger partial charge >= 0.3 is 6.18 Å². The number of nitrogens with zero attached hydrogens (tertiary/aromatic N) is 1. The van der Waals surface area contributed by atoms with Crippen molar-refractivity contribution in [2.45, 2.75) is 6.18 Å². The fraction of sp³-hybridized carbons (Fsp3) is 0.0500. The van der Waals surface area contributed by atoms with E-state index in [9.17, 15) is 13.2 Å². The number of nitrogens with one attached hydrogen (secondary N) is 1. The second-order valence-electron chi connectivity index (χ2n) is 5.87. The highest BCUT2D eigenvalue weighted by atomic mass is 35.5. The van der Waals surface area contributed by atoms with Gasteiger partial charge in [-0.15, -0.1) is 0 Å². The molecular formula is C20H12ClF3N2. The standard InChI is InChI=1S/C20H12ClF3N2/c21-17-6-3-4-12-8-9-13(10-15(12)17)25-19-11-16(20(22,23)24)14-5-1-2-7-18(14)26-19/h1-11H,(H,25,26). The maximum absolute atomic E-state index is 13.4. The van der Waals surface area contributed by atoms with E-state index in [0.717, 1.165) is 16.8 Å². The first-order chi connectivity index (χ1) is 12.4. The summed E-state index contributed by atoms with van der Waals surface area (Å²) in [5.74, 6) is 0.127. The summed E-state index contributed by atoms with van der Waals surface area (Å²) in [6.45, 7) is 0. The third-order valence-electron chi connectivity index (χ3n) is 4.12. The van der Waals surface area contributed by atoms with Gasteiger partial charge in [0.25, 0.3) is 0 Å². The summed E-state index contributed by atoms with van der Waals surface area (Å²) < 4.78 is 40.3. The van der Waals surface area contributed by atoms with Gasteiger partial charge in [-0.3, -0.25) is 0 Å². The normalized spacial score (nSPS) is 11.8. The molecule has 0 spiro atoms. The Bertz CT molecular complexity index is 1120. The van der Waals surface area contributed by atoms with Gasteiger partial charge in [-0.25, -0.2) is 4.98 Å². The van der Waals surface area contributed by atoms with Crippen LogP contribution in [0, 0.1) is 0 Å². The molecule has 0 atom stereocenters. The van der Waals surface area contributed by atoms with Gasteiger partial charge in [0.15, 0.2) is 0 Å². The topological polar surface area (TPSA) is 24.9 Å². The summed E-state index contributed by atoms with van der Waals surface area (Å²) in [7, 11) is 0. The first-order valence-corrected chi connectivity index (χ1v) is 8.22. The molecule has 1 N–H and O–H groups in total. The van der Waals surface area contributed by atoms with Crippen molar-refractivity contribution in [3.63, 3.8) is 0 Å². The van der Waals surface area contributed by atoms with E-state index in [1.165, 1.54) is 6.07 Å². The van der Waals surface area contributed by atoms with Crippen molar-refractivity contribution < 1.29 is 13.2 Å². The molecule has 3 aromatic carbocycles. The van der Waals surface area contributed by atoms with E-state index >= 15 is 0 Å². The number of alkyl halides is 3. The molecule has 4 aromatic rings. The fourth-order valence-corrected chi connectivity index (χ4v) is 3.17. The first kappa shape index (κ1) is 16.7. The Balaban J connectivity index is 1.81. The average Bonchev–Trinajstić information content (AvgIpc) is 2.61. The average molecular weight is 373 g/mol. The largest absolute Gasteiger partial charge is 0.417 e. The molecule has 2 nitrogen and oxygen atoms in total. The van der Waals surface area contributed by atoms with Gasteiger partial charge in [0.05, 0.1) is 11.1 Å². The molecule has 1 heterocycles. The lowest BCUT2D eigenvalue weighted by atomic mass is 10.1. The number of hydrogen-bond acceptors (Lipinski definition) is 2. The van der Waals surface area contributed by atoms with E-state index in [0.29, 0.717) is 10.7 Å². The molecular weight excluding hydrogens is 361 g/mol. The Morgan fingerprint density at radius 1 is 0.846 bits per heavy atom. The van der Waals surface area contributed by atoms with Crippen molar-refractivity contribution in [1.29, 1.82) is 0 Å². The van der Waals surface area contributed by atoms with E-state index in [1.54, 1.807) is 36.4 Å². The number of anilines is 2. The van der Waals surface area contributed by atoms with Crippen LogP contribution in [0.25, 0.3) is 21.7 Å². The van der Waals surface area contributed by atoms with E-state index in [-0.39, 0.29) is 16.7 Å². The molecule has 0 aliphatic heterocycles. The Morgan fingerprint density at radius 3 is 2.46 bits per heavy atom. The Morgan fingerprint density at radius 2 is 1.65 bits per heavy atom. The lowest BCUT2D eigenvalue weighted by Crippen LogP contribution is -2.08. The molecule has 0 radical (unpaired) electrons. The first-order valence-electron chi connectivity index (χ1n) is 7.84. The summed E-state index contributed by atoms with van der Waals surface area (Å²) in [6.07, 6.45) is -4.47. The predicted octanol–water partition coefficient (Wildman–Crippen LogP) is 6.80. The molecule has 0 aliphatic rings. The maximum atomic E-state index is 13.4. The van der Waals surface area contributed by atoms with Crippen LogP contribution in [-0.2, 0) is 6.18 Å². The lowest BCUT2D eigenvalue weighted by Gasteiger charge is -2.14. The quantitative estimate of drug-likeness (QED) is 0.418. The molecule has 1 aromatic heterocycles. The number of hydrogen-bond donors (Lipinski definition) is 1. The number of para-hydroxylation sites is 1. The number of pyridine rings is 1. The minimum atomic E-state index is -4.47. The summed E-state index contributed by atoms with van der Waals surface area (Å²) in [5.41, 5.74) is 0.176. The van der Waals surface area contributed by atoms with E-state index in [1.807, 2.05) is 18.2 Å². The molecule has 0 fully saturated rings. The van der Waals surface area contributed by atoms with Crippen LogP contribution in [0.15, 0.2) is 66.7 Å². The van der Waals surface area contributed by atoms with Crippen LogP contribution in [0.2, 0.25) is 5.02 Å². The molecule has 6 heteroatoms. The molecule has 26 heavy (non-hydrogen) atoms. The summed E-state index contributed by atoms with van der Waals surface area (Å²) in [4.78, 5) is 4.30. The zero-order chi connectivity index (χ0) is 18.3. The predicted molar refractivity (Wildman–Crippen MR) is 99.0 cm³/mol. The van der Waals surface area contributed by atoms with E-state index < -0.39 is 11.7 Å². The highest BCUT2D eigenvalue weighted by molar-refractivity contribution is 6.35. The molecule has 0 bridgehead atoms. The van der Waals surface area contributed by atoms with Crippen LogP contribution in [-0.4, -0.2) is 4.98 Å². The highest BCUT2D eigenvalue weighted by Gasteiger charge is 2.33. The van der Waals surface area contributed by atoms with Gasteiger partial charge in [0.1, 0.15) is 5.82 Å². The van der Waals surface area contributed by atoms with E-state index in [4.69, 9.17) is 11.6 Å². The number of rotatable bonds is 2. The summed E-state index contributed by atoms with van der Waals surface area (Å²) in [5, 5.41) is 5.38. The van der Waals surface area contributed by atoms with E-state index in [2.05, 4.69) is 10.3 Å². The Hall–Kier alpha value is -2.79. The van der Waals surface area contributed by atoms with Crippen LogP contribution in [0.5, 0.6) is 0 Å². The molecule has 0 aliphatic carbocycles.